The standard InChI is InChI=1S/C17H20N4O3S/c1-20(2)16-15(4-3-8-19-16)17(22)21-9-7-12-5-6-14(25(18,23)24)10-13(12)11-21/h3-6,8,10H,7,9,11H2,1-2H3,(H2,18,23,24). The molecule has 0 saturated heterocycles. The largest absolute Gasteiger partial charge is 0.362 e. The maximum atomic E-state index is 12.9. The van der Waals surface area contributed by atoms with Crippen LogP contribution in [-0.2, 0) is 23.0 Å². The quantitative estimate of drug-likeness (QED) is 0.881. The molecule has 0 atom stereocenters. The van der Waals surface area contributed by atoms with Crippen molar-refractivity contribution in [2.45, 2.75) is 17.9 Å². The van der Waals surface area contributed by atoms with Crippen molar-refractivity contribution in [1.82, 2.24) is 9.88 Å². The zero-order chi connectivity index (χ0) is 18.2. The summed E-state index contributed by atoms with van der Waals surface area (Å²) in [7, 11) is -0.0916. The Kier molecular flexibility index (Phi) is 4.49. The number of benzene rings is 1. The van der Waals surface area contributed by atoms with Crippen LogP contribution in [0.4, 0.5) is 5.82 Å². The zero-order valence-electron chi connectivity index (χ0n) is 14.1. The number of carbonyl (C=O) groups is 1. The molecular formula is C17H20N4O3S. The van der Waals surface area contributed by atoms with Gasteiger partial charge in [0.1, 0.15) is 5.82 Å². The molecule has 132 valence electrons. The maximum Gasteiger partial charge on any atom is 0.257 e. The molecule has 1 amide bonds. The third kappa shape index (κ3) is 3.49. The number of nitrogens with zero attached hydrogens (tertiary/aromatic N) is 3. The summed E-state index contributed by atoms with van der Waals surface area (Å²) in [5.74, 6) is 0.486. The molecule has 0 bridgehead atoms. The summed E-state index contributed by atoms with van der Waals surface area (Å²) in [5.41, 5.74) is 2.37. The third-order valence-electron chi connectivity index (χ3n) is 4.25. The van der Waals surface area contributed by atoms with Crippen LogP contribution in [-0.4, -0.2) is 44.8 Å². The van der Waals surface area contributed by atoms with Gasteiger partial charge in [-0.2, -0.15) is 0 Å². The first-order valence-corrected chi connectivity index (χ1v) is 9.38. The van der Waals surface area contributed by atoms with Crippen LogP contribution in [0.2, 0.25) is 0 Å². The van der Waals surface area contributed by atoms with Gasteiger partial charge in [-0.3, -0.25) is 4.79 Å². The molecule has 2 heterocycles. The van der Waals surface area contributed by atoms with Gasteiger partial charge in [-0.25, -0.2) is 18.5 Å². The molecule has 0 spiro atoms. The minimum Gasteiger partial charge on any atom is -0.362 e. The molecule has 1 aliphatic heterocycles. The van der Waals surface area contributed by atoms with Crippen molar-refractivity contribution in [3.63, 3.8) is 0 Å². The van der Waals surface area contributed by atoms with Crippen LogP contribution in [0, 0.1) is 0 Å². The number of anilines is 1. The van der Waals surface area contributed by atoms with Crippen LogP contribution in [0.3, 0.4) is 0 Å². The van der Waals surface area contributed by atoms with Crippen molar-refractivity contribution < 1.29 is 13.2 Å². The summed E-state index contributed by atoms with van der Waals surface area (Å²) in [6, 6.07) is 8.32. The number of pyridine rings is 1. The number of nitrogens with two attached hydrogens (primary N) is 1. The fourth-order valence-corrected chi connectivity index (χ4v) is 3.54. The first kappa shape index (κ1) is 17.4. The van der Waals surface area contributed by atoms with Gasteiger partial charge >= 0.3 is 0 Å². The van der Waals surface area contributed by atoms with E-state index in [1.165, 1.54) is 6.07 Å². The summed E-state index contributed by atoms with van der Waals surface area (Å²) < 4.78 is 23.1. The Labute approximate surface area is 147 Å². The van der Waals surface area contributed by atoms with Crippen LogP contribution in [0.15, 0.2) is 41.4 Å². The van der Waals surface area contributed by atoms with Gasteiger partial charge in [0.15, 0.2) is 0 Å². The number of aromatic nitrogens is 1. The number of primary sulfonamides is 1. The van der Waals surface area contributed by atoms with Crippen molar-refractivity contribution in [2.75, 3.05) is 25.5 Å². The number of carbonyl (C=O) groups excluding carboxylic acids is 1. The van der Waals surface area contributed by atoms with E-state index in [1.54, 1.807) is 40.3 Å². The second-order valence-electron chi connectivity index (χ2n) is 6.22. The van der Waals surface area contributed by atoms with Gasteiger partial charge < -0.3 is 9.80 Å². The predicted molar refractivity (Wildman–Crippen MR) is 94.8 cm³/mol. The van der Waals surface area contributed by atoms with Gasteiger partial charge in [0, 0.05) is 33.4 Å². The number of fused-ring (bicyclic) bond motifs is 1. The molecule has 1 aromatic carbocycles. The van der Waals surface area contributed by atoms with E-state index in [1.807, 2.05) is 14.1 Å². The summed E-state index contributed by atoms with van der Waals surface area (Å²) in [6.07, 6.45) is 2.32. The molecule has 0 aliphatic carbocycles. The lowest BCUT2D eigenvalue weighted by Gasteiger charge is -2.30. The minimum atomic E-state index is -3.76. The van der Waals surface area contributed by atoms with Gasteiger partial charge in [0.25, 0.3) is 5.91 Å². The molecule has 0 unspecified atom stereocenters. The highest BCUT2D eigenvalue weighted by Crippen LogP contribution is 2.25. The molecule has 7 nitrogen and oxygen atoms in total. The fourth-order valence-electron chi connectivity index (χ4n) is 2.97. The Morgan fingerprint density at radius 3 is 2.68 bits per heavy atom. The summed E-state index contributed by atoms with van der Waals surface area (Å²) in [4.78, 5) is 20.8. The molecule has 0 radical (unpaired) electrons. The molecule has 2 aromatic rings. The highest BCUT2D eigenvalue weighted by Gasteiger charge is 2.25. The number of amides is 1. The van der Waals surface area contributed by atoms with Crippen molar-refractivity contribution >= 4 is 21.7 Å². The molecule has 0 saturated carbocycles. The van der Waals surface area contributed by atoms with Crippen molar-refractivity contribution in [3.05, 3.63) is 53.2 Å². The van der Waals surface area contributed by atoms with Crippen molar-refractivity contribution in [1.29, 1.82) is 0 Å². The van der Waals surface area contributed by atoms with Crippen LogP contribution in [0.1, 0.15) is 21.5 Å². The normalized spacial score (nSPS) is 14.1. The average Bonchev–Trinajstić information content (AvgIpc) is 2.59. The lowest BCUT2D eigenvalue weighted by atomic mass is 9.99. The van der Waals surface area contributed by atoms with Crippen LogP contribution in [0.25, 0.3) is 0 Å². The van der Waals surface area contributed by atoms with E-state index < -0.39 is 10.0 Å². The highest BCUT2D eigenvalue weighted by atomic mass is 32.2. The molecule has 1 aliphatic rings. The van der Waals surface area contributed by atoms with E-state index in [2.05, 4.69) is 4.98 Å². The van der Waals surface area contributed by atoms with Gasteiger partial charge in [0.05, 0.1) is 10.5 Å². The van der Waals surface area contributed by atoms with Crippen LogP contribution >= 0.6 is 0 Å². The third-order valence-corrected chi connectivity index (χ3v) is 5.16. The second kappa shape index (κ2) is 6.45. The Bertz CT molecular complexity index is 925. The topological polar surface area (TPSA) is 96.6 Å². The van der Waals surface area contributed by atoms with Gasteiger partial charge in [-0.05, 0) is 41.8 Å². The number of sulfonamides is 1. The van der Waals surface area contributed by atoms with E-state index in [0.717, 1.165) is 11.1 Å². The lowest BCUT2D eigenvalue weighted by molar-refractivity contribution is 0.0735. The molecule has 25 heavy (non-hydrogen) atoms. The van der Waals surface area contributed by atoms with Gasteiger partial charge in [-0.1, -0.05) is 6.07 Å². The minimum absolute atomic E-state index is 0.0657. The monoisotopic (exact) mass is 360 g/mol. The number of hydrogen-bond donors (Lipinski definition) is 1. The van der Waals surface area contributed by atoms with E-state index in [9.17, 15) is 13.2 Å². The maximum absolute atomic E-state index is 12.9. The van der Waals surface area contributed by atoms with E-state index in [-0.39, 0.29) is 10.8 Å². The molecule has 2 N–H and O–H groups in total. The number of hydrogen-bond acceptors (Lipinski definition) is 5. The van der Waals surface area contributed by atoms with E-state index in [4.69, 9.17) is 5.14 Å². The smallest absolute Gasteiger partial charge is 0.257 e. The average molecular weight is 360 g/mol. The molecule has 0 fully saturated rings. The van der Waals surface area contributed by atoms with E-state index >= 15 is 0 Å². The Morgan fingerprint density at radius 2 is 2.00 bits per heavy atom. The zero-order valence-corrected chi connectivity index (χ0v) is 15.0. The lowest BCUT2D eigenvalue weighted by Crippen LogP contribution is -2.37. The summed E-state index contributed by atoms with van der Waals surface area (Å²) in [6.45, 7) is 0.918. The SMILES string of the molecule is CN(C)c1ncccc1C(=O)N1CCc2ccc(S(N)(=O)=O)cc2C1. The van der Waals surface area contributed by atoms with Crippen LogP contribution < -0.4 is 10.0 Å². The summed E-state index contributed by atoms with van der Waals surface area (Å²) in [5, 5.41) is 5.21. The Morgan fingerprint density at radius 1 is 1.24 bits per heavy atom. The van der Waals surface area contributed by atoms with Gasteiger partial charge in [0.2, 0.25) is 10.0 Å². The molecule has 3 rings (SSSR count). The predicted octanol–water partition coefficient (Wildman–Crippen LogP) is 0.994. The number of rotatable bonds is 3. The van der Waals surface area contributed by atoms with Gasteiger partial charge in [-0.15, -0.1) is 0 Å². The Hall–Kier alpha value is -2.45. The van der Waals surface area contributed by atoms with Crippen molar-refractivity contribution in [2.24, 2.45) is 5.14 Å². The Balaban J connectivity index is 1.91. The highest BCUT2D eigenvalue weighted by molar-refractivity contribution is 7.89. The molecule has 8 heteroatoms. The second-order valence-corrected chi connectivity index (χ2v) is 7.78. The van der Waals surface area contributed by atoms with Crippen LogP contribution in [0.5, 0.6) is 0 Å². The van der Waals surface area contributed by atoms with E-state index in [0.29, 0.717) is 30.9 Å². The molecular weight excluding hydrogens is 340 g/mol. The first-order chi connectivity index (χ1) is 11.8. The van der Waals surface area contributed by atoms with Crippen molar-refractivity contribution in [3.8, 4) is 0 Å². The fraction of sp³-hybridized carbons (Fsp3) is 0.294. The first-order valence-electron chi connectivity index (χ1n) is 7.83. The summed E-state index contributed by atoms with van der Waals surface area (Å²) >= 11 is 0. The molecule has 1 aromatic heterocycles.